The van der Waals surface area contributed by atoms with E-state index in [0.29, 0.717) is 20.7 Å². The fraction of sp³-hybridized carbons (Fsp3) is 0.462. The zero-order chi connectivity index (χ0) is 14.4. The van der Waals surface area contributed by atoms with E-state index < -0.39 is 0 Å². The molecule has 2 aromatic heterocycles. The highest BCUT2D eigenvalue weighted by Crippen LogP contribution is 2.26. The van der Waals surface area contributed by atoms with Crippen molar-refractivity contribution < 1.29 is 4.79 Å². The van der Waals surface area contributed by atoms with Crippen molar-refractivity contribution in [2.45, 2.75) is 33.2 Å². The first-order valence-corrected chi connectivity index (χ1v) is 6.79. The Labute approximate surface area is 115 Å². The third-order valence-corrected chi connectivity index (χ3v) is 3.90. The van der Waals surface area contributed by atoms with Gasteiger partial charge in [-0.1, -0.05) is 0 Å². The van der Waals surface area contributed by atoms with Crippen LogP contribution in [0.4, 0.5) is 0 Å². The Morgan fingerprint density at radius 3 is 2.63 bits per heavy atom. The van der Waals surface area contributed by atoms with Crippen molar-refractivity contribution in [2.24, 2.45) is 7.05 Å². The highest BCUT2D eigenvalue weighted by molar-refractivity contribution is 7.20. The molecule has 5 nitrogen and oxygen atoms in total. The molecule has 2 aromatic rings. The molecule has 1 N–H and O–H groups in total. The number of thiophene rings is 1. The van der Waals surface area contributed by atoms with Gasteiger partial charge in [-0.05, 0) is 33.3 Å². The van der Waals surface area contributed by atoms with Gasteiger partial charge in [0.2, 0.25) is 0 Å². The van der Waals surface area contributed by atoms with Crippen LogP contribution in [0.25, 0.3) is 10.2 Å². The molecule has 2 rings (SSSR count). The third-order valence-electron chi connectivity index (χ3n) is 2.71. The van der Waals surface area contributed by atoms with Gasteiger partial charge in [0, 0.05) is 12.6 Å². The molecular weight excluding hydrogens is 262 g/mol. The molecule has 19 heavy (non-hydrogen) atoms. The van der Waals surface area contributed by atoms with Crippen LogP contribution in [0.5, 0.6) is 0 Å². The average Bonchev–Trinajstić information content (AvgIpc) is 2.60. The Morgan fingerprint density at radius 2 is 2.05 bits per heavy atom. The maximum Gasteiger partial charge on any atom is 0.262 e. The largest absolute Gasteiger partial charge is 0.347 e. The van der Waals surface area contributed by atoms with Gasteiger partial charge >= 0.3 is 0 Å². The number of nitrogens with zero attached hydrogens (tertiary/aromatic N) is 2. The molecular formula is C13H17N3O2S. The van der Waals surface area contributed by atoms with Gasteiger partial charge in [-0.15, -0.1) is 11.3 Å². The summed E-state index contributed by atoms with van der Waals surface area (Å²) in [5, 5.41) is 3.44. The van der Waals surface area contributed by atoms with Crippen LogP contribution in [0.15, 0.2) is 11.1 Å². The van der Waals surface area contributed by atoms with Gasteiger partial charge in [0.1, 0.15) is 4.83 Å². The average molecular weight is 279 g/mol. The Hall–Kier alpha value is -1.69. The van der Waals surface area contributed by atoms with Crippen LogP contribution in [0.3, 0.4) is 0 Å². The first-order valence-electron chi connectivity index (χ1n) is 5.98. The second-order valence-corrected chi connectivity index (χ2v) is 6.60. The van der Waals surface area contributed by atoms with Gasteiger partial charge in [-0.2, -0.15) is 0 Å². The minimum atomic E-state index is -0.307. The molecule has 0 unspecified atom stereocenters. The van der Waals surface area contributed by atoms with Crippen LogP contribution < -0.4 is 10.9 Å². The van der Waals surface area contributed by atoms with Crippen molar-refractivity contribution in [2.75, 3.05) is 0 Å². The van der Waals surface area contributed by atoms with Crippen molar-refractivity contribution >= 4 is 27.5 Å². The molecule has 0 saturated carbocycles. The maximum atomic E-state index is 12.2. The molecule has 0 aromatic carbocycles. The number of carbonyl (C=O) groups excluding carboxylic acids is 1. The summed E-state index contributed by atoms with van der Waals surface area (Å²) >= 11 is 1.26. The highest BCUT2D eigenvalue weighted by Gasteiger charge is 2.22. The van der Waals surface area contributed by atoms with Crippen molar-refractivity contribution in [3.8, 4) is 0 Å². The zero-order valence-corrected chi connectivity index (χ0v) is 12.5. The molecule has 6 heteroatoms. The van der Waals surface area contributed by atoms with Crippen molar-refractivity contribution in [3.63, 3.8) is 0 Å². The first-order chi connectivity index (χ1) is 8.70. The zero-order valence-electron chi connectivity index (χ0n) is 11.7. The molecule has 0 aliphatic carbocycles. The van der Waals surface area contributed by atoms with Gasteiger partial charge in [-0.3, -0.25) is 9.59 Å². The quantitative estimate of drug-likeness (QED) is 0.866. The highest BCUT2D eigenvalue weighted by atomic mass is 32.1. The van der Waals surface area contributed by atoms with Crippen molar-refractivity contribution in [3.05, 3.63) is 27.1 Å². The Bertz CT molecular complexity index is 707. The Morgan fingerprint density at radius 1 is 1.42 bits per heavy atom. The van der Waals surface area contributed by atoms with Gasteiger partial charge < -0.3 is 9.88 Å². The van der Waals surface area contributed by atoms with Gasteiger partial charge in [0.15, 0.2) is 0 Å². The number of hydrogen-bond acceptors (Lipinski definition) is 4. The summed E-state index contributed by atoms with van der Waals surface area (Å²) in [7, 11) is 1.65. The van der Waals surface area contributed by atoms with Crippen LogP contribution in [-0.4, -0.2) is 21.0 Å². The fourth-order valence-corrected chi connectivity index (χ4v) is 2.86. The molecule has 0 atom stereocenters. The van der Waals surface area contributed by atoms with Gasteiger partial charge in [0.05, 0.1) is 16.6 Å². The summed E-state index contributed by atoms with van der Waals surface area (Å²) in [5.41, 5.74) is 0.280. The minimum absolute atomic E-state index is 0.117. The SMILES string of the molecule is Cc1c(C(=O)NC(C)(C)C)sc2ncn(C)c(=O)c12. The molecule has 0 aliphatic heterocycles. The fourth-order valence-electron chi connectivity index (χ4n) is 1.82. The lowest BCUT2D eigenvalue weighted by molar-refractivity contribution is 0.0923. The standard InChI is InChI=1S/C13H17N3O2S/c1-7-8-11(14-6-16(5)12(8)18)19-9(7)10(17)15-13(2,3)4/h6H,1-5H3,(H,15,17). The summed E-state index contributed by atoms with van der Waals surface area (Å²) < 4.78 is 1.42. The number of amides is 1. The topological polar surface area (TPSA) is 64.0 Å². The lowest BCUT2D eigenvalue weighted by Crippen LogP contribution is -2.40. The lowest BCUT2D eigenvalue weighted by atomic mass is 10.1. The summed E-state index contributed by atoms with van der Waals surface area (Å²) in [4.78, 5) is 29.6. The summed E-state index contributed by atoms with van der Waals surface area (Å²) in [5.74, 6) is -0.157. The maximum absolute atomic E-state index is 12.2. The van der Waals surface area contributed by atoms with E-state index in [2.05, 4.69) is 10.3 Å². The molecule has 0 radical (unpaired) electrons. The first kappa shape index (κ1) is 13.7. The number of aryl methyl sites for hydroxylation is 2. The summed E-state index contributed by atoms with van der Waals surface area (Å²) in [6, 6.07) is 0. The van der Waals surface area contributed by atoms with E-state index in [9.17, 15) is 9.59 Å². The van der Waals surface area contributed by atoms with Crippen LogP contribution in [0.1, 0.15) is 36.0 Å². The van der Waals surface area contributed by atoms with E-state index in [-0.39, 0.29) is 17.0 Å². The summed E-state index contributed by atoms with van der Waals surface area (Å²) in [6.45, 7) is 7.56. The van der Waals surface area contributed by atoms with Crippen molar-refractivity contribution in [1.29, 1.82) is 0 Å². The number of hydrogen-bond donors (Lipinski definition) is 1. The molecule has 1 amide bonds. The van der Waals surface area contributed by atoms with Gasteiger partial charge in [-0.25, -0.2) is 4.98 Å². The van der Waals surface area contributed by atoms with E-state index in [1.54, 1.807) is 14.0 Å². The molecule has 0 fully saturated rings. The second kappa shape index (κ2) is 4.45. The monoisotopic (exact) mass is 279 g/mol. The van der Waals surface area contributed by atoms with E-state index in [4.69, 9.17) is 0 Å². The number of carbonyl (C=O) groups is 1. The molecule has 0 saturated heterocycles. The number of rotatable bonds is 1. The Balaban J connectivity index is 2.58. The smallest absolute Gasteiger partial charge is 0.262 e. The van der Waals surface area contributed by atoms with Crippen LogP contribution in [0, 0.1) is 6.92 Å². The van der Waals surface area contributed by atoms with E-state index in [1.807, 2.05) is 20.8 Å². The van der Waals surface area contributed by atoms with Crippen LogP contribution >= 0.6 is 11.3 Å². The van der Waals surface area contributed by atoms with Crippen molar-refractivity contribution in [1.82, 2.24) is 14.9 Å². The molecule has 2 heterocycles. The minimum Gasteiger partial charge on any atom is -0.347 e. The Kier molecular flexibility index (Phi) is 3.22. The summed E-state index contributed by atoms with van der Waals surface area (Å²) in [6.07, 6.45) is 1.48. The predicted molar refractivity (Wildman–Crippen MR) is 76.8 cm³/mol. The lowest BCUT2D eigenvalue weighted by Gasteiger charge is -2.20. The second-order valence-electron chi connectivity index (χ2n) is 5.60. The van der Waals surface area contributed by atoms with E-state index >= 15 is 0 Å². The van der Waals surface area contributed by atoms with Crippen LogP contribution in [0.2, 0.25) is 0 Å². The molecule has 102 valence electrons. The normalized spacial score (nSPS) is 11.8. The number of aromatic nitrogens is 2. The third kappa shape index (κ3) is 2.53. The van der Waals surface area contributed by atoms with E-state index in [0.717, 1.165) is 0 Å². The molecule has 0 aliphatic rings. The van der Waals surface area contributed by atoms with Gasteiger partial charge in [0.25, 0.3) is 11.5 Å². The predicted octanol–water partition coefficient (Wildman–Crippen LogP) is 1.83. The number of fused-ring (bicyclic) bond motifs is 1. The van der Waals surface area contributed by atoms with Crippen LogP contribution in [-0.2, 0) is 7.05 Å². The van der Waals surface area contributed by atoms with E-state index in [1.165, 1.54) is 22.2 Å². The number of nitrogens with one attached hydrogen (secondary N) is 1. The molecule has 0 bridgehead atoms. The molecule has 0 spiro atoms.